The highest BCUT2D eigenvalue weighted by atomic mass is 32.2. The summed E-state index contributed by atoms with van der Waals surface area (Å²) in [6.07, 6.45) is 0.614. The molecule has 1 aromatic rings. The summed E-state index contributed by atoms with van der Waals surface area (Å²) in [6.45, 7) is 4.14. The van der Waals surface area contributed by atoms with Crippen molar-refractivity contribution in [3.05, 3.63) is 28.8 Å². The Hall–Kier alpha value is -0.760. The van der Waals surface area contributed by atoms with Gasteiger partial charge < -0.3 is 0 Å². The molecular formula is C10H10OS. The van der Waals surface area contributed by atoms with Crippen molar-refractivity contribution in [2.75, 3.05) is 0 Å². The Kier molecular flexibility index (Phi) is 1.72. The average Bonchev–Trinajstić information content (AvgIpc) is 2.29. The van der Waals surface area contributed by atoms with Gasteiger partial charge in [-0.2, -0.15) is 0 Å². The Labute approximate surface area is 76.2 Å². The number of fused-ring (bicyclic) bond motifs is 1. The lowest BCUT2D eigenvalue weighted by atomic mass is 10.1. The van der Waals surface area contributed by atoms with Gasteiger partial charge in [-0.25, -0.2) is 0 Å². The normalized spacial score (nSPS) is 15.0. The molecule has 0 bridgehead atoms. The largest absolute Gasteiger partial charge is 0.286 e. The van der Waals surface area contributed by atoms with Gasteiger partial charge in [0, 0.05) is 11.3 Å². The molecule has 2 heteroatoms. The van der Waals surface area contributed by atoms with E-state index in [-0.39, 0.29) is 5.12 Å². The van der Waals surface area contributed by atoms with Gasteiger partial charge in [0.05, 0.1) is 0 Å². The van der Waals surface area contributed by atoms with Crippen molar-refractivity contribution >= 4 is 16.9 Å². The van der Waals surface area contributed by atoms with Crippen molar-refractivity contribution in [1.82, 2.24) is 0 Å². The Morgan fingerprint density at radius 3 is 2.83 bits per heavy atom. The molecule has 0 radical (unpaired) electrons. The Morgan fingerprint density at radius 2 is 2.08 bits per heavy atom. The predicted molar refractivity (Wildman–Crippen MR) is 50.5 cm³/mol. The number of hydrogen-bond acceptors (Lipinski definition) is 2. The second kappa shape index (κ2) is 2.63. The lowest BCUT2D eigenvalue weighted by molar-refractivity contribution is -0.110. The van der Waals surface area contributed by atoms with Gasteiger partial charge in [-0.1, -0.05) is 29.5 Å². The van der Waals surface area contributed by atoms with Crippen LogP contribution in [-0.2, 0) is 11.2 Å². The molecule has 0 spiro atoms. The molecule has 0 aliphatic carbocycles. The fourth-order valence-corrected chi connectivity index (χ4v) is 2.56. The summed E-state index contributed by atoms with van der Waals surface area (Å²) in [5.41, 5.74) is 3.70. The van der Waals surface area contributed by atoms with Crippen molar-refractivity contribution in [3.8, 4) is 0 Å². The molecule has 1 heterocycles. The molecule has 1 aromatic carbocycles. The molecule has 0 aromatic heterocycles. The number of hydrogen-bond donors (Lipinski definition) is 0. The molecule has 0 N–H and O–H groups in total. The number of carbonyl (C=O) groups excluding carboxylic acids is 1. The maximum Gasteiger partial charge on any atom is 0.198 e. The van der Waals surface area contributed by atoms with Crippen LogP contribution in [0.1, 0.15) is 16.7 Å². The molecule has 0 saturated carbocycles. The van der Waals surface area contributed by atoms with Crippen LogP contribution in [0, 0.1) is 13.8 Å². The second-order valence-electron chi connectivity index (χ2n) is 3.22. The zero-order valence-electron chi connectivity index (χ0n) is 7.18. The fraction of sp³-hybridized carbons (Fsp3) is 0.300. The number of rotatable bonds is 0. The quantitative estimate of drug-likeness (QED) is 0.607. The van der Waals surface area contributed by atoms with E-state index in [0.717, 1.165) is 0 Å². The molecular weight excluding hydrogens is 168 g/mol. The predicted octanol–water partition coefficient (Wildman–Crippen LogP) is 2.48. The van der Waals surface area contributed by atoms with E-state index < -0.39 is 0 Å². The standard InChI is InChI=1S/C10H10OS/c1-6-3-7(2)10-8(4-6)5-9(11)12-10/h3-4H,5H2,1-2H3. The van der Waals surface area contributed by atoms with Crippen LogP contribution in [0.25, 0.3) is 0 Å². The van der Waals surface area contributed by atoms with Crippen LogP contribution in [0.15, 0.2) is 17.0 Å². The van der Waals surface area contributed by atoms with Crippen LogP contribution in [0.4, 0.5) is 0 Å². The second-order valence-corrected chi connectivity index (χ2v) is 4.29. The van der Waals surface area contributed by atoms with Crippen LogP contribution in [0.3, 0.4) is 0 Å². The van der Waals surface area contributed by atoms with Crippen molar-refractivity contribution in [3.63, 3.8) is 0 Å². The van der Waals surface area contributed by atoms with Gasteiger partial charge in [-0.15, -0.1) is 0 Å². The molecule has 0 fully saturated rings. The summed E-state index contributed by atoms with van der Waals surface area (Å²) in [5.74, 6) is 0. The Morgan fingerprint density at radius 1 is 1.33 bits per heavy atom. The molecule has 0 unspecified atom stereocenters. The minimum atomic E-state index is 0.277. The molecule has 0 amide bonds. The molecule has 0 saturated heterocycles. The van der Waals surface area contributed by atoms with E-state index in [1.165, 1.54) is 33.3 Å². The smallest absolute Gasteiger partial charge is 0.198 e. The van der Waals surface area contributed by atoms with Gasteiger partial charge in [0.2, 0.25) is 0 Å². The number of carbonyl (C=O) groups is 1. The lowest BCUT2D eigenvalue weighted by Gasteiger charge is -2.02. The zero-order valence-corrected chi connectivity index (χ0v) is 7.99. The zero-order chi connectivity index (χ0) is 8.72. The first kappa shape index (κ1) is 7.87. The summed E-state index contributed by atoms with van der Waals surface area (Å²) in [7, 11) is 0. The van der Waals surface area contributed by atoms with Crippen LogP contribution in [0.5, 0.6) is 0 Å². The van der Waals surface area contributed by atoms with E-state index in [4.69, 9.17) is 0 Å². The van der Waals surface area contributed by atoms with Crippen molar-refractivity contribution in [2.24, 2.45) is 0 Å². The van der Waals surface area contributed by atoms with Crippen molar-refractivity contribution in [1.29, 1.82) is 0 Å². The van der Waals surface area contributed by atoms with Crippen LogP contribution in [-0.4, -0.2) is 5.12 Å². The molecule has 1 aliphatic rings. The van der Waals surface area contributed by atoms with E-state index in [1.807, 2.05) is 0 Å². The highest BCUT2D eigenvalue weighted by Crippen LogP contribution is 2.35. The topological polar surface area (TPSA) is 17.1 Å². The first-order chi connectivity index (χ1) is 5.66. The fourth-order valence-electron chi connectivity index (χ4n) is 1.63. The molecule has 1 aliphatic heterocycles. The van der Waals surface area contributed by atoms with E-state index in [9.17, 15) is 4.79 Å². The highest BCUT2D eigenvalue weighted by Gasteiger charge is 2.20. The Balaban J connectivity index is 2.59. The third-order valence-corrected chi connectivity index (χ3v) is 3.21. The Bertz CT molecular complexity index is 355. The molecule has 12 heavy (non-hydrogen) atoms. The van der Waals surface area contributed by atoms with E-state index in [1.54, 1.807) is 0 Å². The van der Waals surface area contributed by atoms with Gasteiger partial charge in [-0.3, -0.25) is 4.79 Å². The molecule has 62 valence electrons. The molecule has 1 nitrogen and oxygen atoms in total. The maximum absolute atomic E-state index is 11.1. The summed E-state index contributed by atoms with van der Waals surface area (Å²) >= 11 is 1.39. The minimum Gasteiger partial charge on any atom is -0.286 e. The SMILES string of the molecule is Cc1cc(C)c2c(c1)CC(=O)S2. The lowest BCUT2D eigenvalue weighted by Crippen LogP contribution is -1.88. The third kappa shape index (κ3) is 1.16. The minimum absolute atomic E-state index is 0.277. The van der Waals surface area contributed by atoms with Crippen molar-refractivity contribution in [2.45, 2.75) is 25.2 Å². The van der Waals surface area contributed by atoms with Gasteiger partial charge in [0.25, 0.3) is 0 Å². The monoisotopic (exact) mass is 178 g/mol. The maximum atomic E-state index is 11.1. The number of thioether (sulfide) groups is 1. The summed E-state index contributed by atoms with van der Waals surface area (Å²) in [6, 6.07) is 4.24. The molecule has 0 atom stereocenters. The number of aryl methyl sites for hydroxylation is 2. The van der Waals surface area contributed by atoms with Crippen molar-refractivity contribution < 1.29 is 4.79 Å². The number of benzene rings is 1. The van der Waals surface area contributed by atoms with Crippen LogP contribution in [0.2, 0.25) is 0 Å². The highest BCUT2D eigenvalue weighted by molar-refractivity contribution is 8.14. The van der Waals surface area contributed by atoms with Crippen LogP contribution >= 0.6 is 11.8 Å². The first-order valence-corrected chi connectivity index (χ1v) is 4.79. The van der Waals surface area contributed by atoms with Gasteiger partial charge in [0.15, 0.2) is 5.12 Å². The summed E-state index contributed by atoms with van der Waals surface area (Å²) in [4.78, 5) is 12.3. The van der Waals surface area contributed by atoms with Crippen LogP contribution < -0.4 is 0 Å². The van der Waals surface area contributed by atoms with E-state index in [2.05, 4.69) is 26.0 Å². The summed E-state index contributed by atoms with van der Waals surface area (Å²) in [5, 5.41) is 0.277. The third-order valence-electron chi connectivity index (χ3n) is 2.05. The van der Waals surface area contributed by atoms with E-state index >= 15 is 0 Å². The van der Waals surface area contributed by atoms with E-state index in [0.29, 0.717) is 6.42 Å². The van der Waals surface area contributed by atoms with Gasteiger partial charge in [0.1, 0.15) is 0 Å². The summed E-state index contributed by atoms with van der Waals surface area (Å²) < 4.78 is 0. The van der Waals surface area contributed by atoms with Gasteiger partial charge in [-0.05, 0) is 25.0 Å². The molecule has 2 rings (SSSR count). The first-order valence-electron chi connectivity index (χ1n) is 3.97. The average molecular weight is 178 g/mol. The van der Waals surface area contributed by atoms with Gasteiger partial charge >= 0.3 is 0 Å².